The van der Waals surface area contributed by atoms with Gasteiger partial charge in [0, 0.05) is 12.1 Å². The van der Waals surface area contributed by atoms with Gasteiger partial charge in [-0.05, 0) is 221 Å². The number of nitrogens with one attached hydrogen (secondary N) is 2. The lowest BCUT2D eigenvalue weighted by molar-refractivity contribution is -0.0780. The van der Waals surface area contributed by atoms with Crippen LogP contribution in [0.25, 0.3) is 0 Å². The van der Waals surface area contributed by atoms with Crippen LogP contribution in [0.15, 0.2) is 0 Å². The van der Waals surface area contributed by atoms with Gasteiger partial charge in [0.25, 0.3) is 0 Å². The molecule has 11 aliphatic carbocycles. The molecule has 308 valence electrons. The van der Waals surface area contributed by atoms with Gasteiger partial charge in [0.2, 0.25) is 0 Å². The number of rotatable bonds is 3. The molecular formula is C53H86N2. The maximum absolute atomic E-state index is 4.62. The van der Waals surface area contributed by atoms with Crippen molar-refractivity contribution in [3.05, 3.63) is 0 Å². The van der Waals surface area contributed by atoms with Crippen LogP contribution in [-0.4, -0.2) is 18.2 Å². The summed E-state index contributed by atoms with van der Waals surface area (Å²) in [5.74, 6) is 19.4. The second-order valence-electron chi connectivity index (χ2n) is 24.4. The van der Waals surface area contributed by atoms with E-state index in [1.165, 1.54) is 76.5 Å². The second-order valence-corrected chi connectivity index (χ2v) is 24.4. The first-order valence-corrected chi connectivity index (χ1v) is 26.7. The predicted octanol–water partition coefficient (Wildman–Crippen LogP) is 13.2. The summed E-state index contributed by atoms with van der Waals surface area (Å²) in [5.41, 5.74) is 0.754. The number of hydrogen-bond acceptors (Lipinski definition) is 2. The van der Waals surface area contributed by atoms with Crippen molar-refractivity contribution in [1.29, 1.82) is 0 Å². The molecule has 55 heavy (non-hydrogen) atoms. The normalized spacial score (nSPS) is 56.8. The molecule has 0 amide bonds. The van der Waals surface area contributed by atoms with Crippen LogP contribution in [0, 0.1) is 112 Å². The van der Waals surface area contributed by atoms with E-state index in [9.17, 15) is 0 Å². The zero-order valence-corrected chi connectivity index (χ0v) is 35.8. The van der Waals surface area contributed by atoms with Crippen molar-refractivity contribution < 1.29 is 0 Å². The average molecular weight is 751 g/mol. The van der Waals surface area contributed by atoms with Crippen molar-refractivity contribution in [2.75, 3.05) is 0 Å². The molecule has 0 aromatic carbocycles. The van der Waals surface area contributed by atoms with Gasteiger partial charge in [0.1, 0.15) is 0 Å². The minimum Gasteiger partial charge on any atom is -0.299 e. The fraction of sp³-hybridized carbons (Fsp3) is 1.00. The average Bonchev–Trinajstić information content (AvgIpc) is 3.79. The lowest BCUT2D eigenvalue weighted by atomic mass is 9.49. The fourth-order valence-electron chi connectivity index (χ4n) is 22.0. The molecule has 1 spiro atoms. The molecule has 0 aromatic rings. The summed E-state index contributed by atoms with van der Waals surface area (Å²) in [6.45, 7) is 2.71. The van der Waals surface area contributed by atoms with E-state index in [1.807, 2.05) is 0 Å². The molecule has 0 bridgehead atoms. The SMILES string of the molecule is CC1CC(C2CCC3C(C2)C2CCCCC2C32C3CCCCC3C3C4CCCC5C6CCCCC6C(CC32)C54)NC(C2CCCCC2)NC1C1CCCCC1. The molecule has 0 aromatic heterocycles. The second kappa shape index (κ2) is 14.8. The Labute approximate surface area is 339 Å². The van der Waals surface area contributed by atoms with E-state index in [0.29, 0.717) is 6.17 Å². The molecule has 1 aliphatic heterocycles. The Balaban J connectivity index is 0.874. The Morgan fingerprint density at radius 1 is 0.345 bits per heavy atom. The zero-order valence-electron chi connectivity index (χ0n) is 35.8. The van der Waals surface area contributed by atoms with Crippen molar-refractivity contribution in [2.45, 2.75) is 218 Å². The number of fused-ring (bicyclic) bond motifs is 14. The van der Waals surface area contributed by atoms with Gasteiger partial charge in [0.15, 0.2) is 0 Å². The molecule has 0 radical (unpaired) electrons. The van der Waals surface area contributed by atoms with Crippen molar-refractivity contribution >= 4 is 0 Å². The summed E-state index contributed by atoms with van der Waals surface area (Å²) in [5, 5.41) is 9.13. The molecule has 2 heteroatoms. The Morgan fingerprint density at radius 2 is 0.927 bits per heavy atom. The van der Waals surface area contributed by atoms with Crippen molar-refractivity contribution in [2.24, 2.45) is 112 Å². The summed E-state index contributed by atoms with van der Waals surface area (Å²) in [6.07, 6.45) is 47.7. The van der Waals surface area contributed by atoms with Gasteiger partial charge < -0.3 is 0 Å². The predicted molar refractivity (Wildman–Crippen MR) is 227 cm³/mol. The van der Waals surface area contributed by atoms with Gasteiger partial charge in [-0.2, -0.15) is 0 Å². The molecule has 11 saturated carbocycles. The van der Waals surface area contributed by atoms with E-state index in [1.54, 1.807) is 122 Å². The van der Waals surface area contributed by atoms with E-state index < -0.39 is 0 Å². The third-order valence-corrected chi connectivity index (χ3v) is 23.1. The Kier molecular flexibility index (Phi) is 9.91. The topological polar surface area (TPSA) is 24.1 Å². The lowest BCUT2D eigenvalue weighted by Gasteiger charge is -2.56. The van der Waals surface area contributed by atoms with E-state index >= 15 is 0 Å². The maximum Gasteiger partial charge on any atom is 0.0605 e. The highest BCUT2D eigenvalue weighted by atomic mass is 15.2. The van der Waals surface area contributed by atoms with Gasteiger partial charge >= 0.3 is 0 Å². The van der Waals surface area contributed by atoms with Crippen LogP contribution in [0.2, 0.25) is 0 Å². The third kappa shape index (κ3) is 5.68. The molecule has 20 unspecified atom stereocenters. The maximum atomic E-state index is 4.62. The van der Waals surface area contributed by atoms with Gasteiger partial charge in [-0.3, -0.25) is 10.6 Å². The summed E-state index contributed by atoms with van der Waals surface area (Å²) in [7, 11) is 0. The highest BCUT2D eigenvalue weighted by molar-refractivity contribution is 5.23. The van der Waals surface area contributed by atoms with E-state index in [4.69, 9.17) is 0 Å². The van der Waals surface area contributed by atoms with Gasteiger partial charge in [0.05, 0.1) is 6.17 Å². The van der Waals surface area contributed by atoms with E-state index in [0.717, 1.165) is 118 Å². The van der Waals surface area contributed by atoms with Crippen LogP contribution < -0.4 is 10.6 Å². The zero-order chi connectivity index (χ0) is 36.3. The molecular weight excluding hydrogens is 665 g/mol. The molecule has 20 atom stereocenters. The van der Waals surface area contributed by atoms with Crippen molar-refractivity contribution in [3.8, 4) is 0 Å². The largest absolute Gasteiger partial charge is 0.299 e. The van der Waals surface area contributed by atoms with Crippen LogP contribution in [0.3, 0.4) is 0 Å². The Bertz CT molecular complexity index is 1350. The fourth-order valence-corrected chi connectivity index (χ4v) is 22.0. The first-order chi connectivity index (χ1) is 27.2. The van der Waals surface area contributed by atoms with Crippen LogP contribution in [-0.2, 0) is 0 Å². The molecule has 1 heterocycles. The molecule has 12 rings (SSSR count). The first-order valence-electron chi connectivity index (χ1n) is 26.7. The highest BCUT2D eigenvalue weighted by Gasteiger charge is 2.75. The summed E-state index contributed by atoms with van der Waals surface area (Å²) < 4.78 is 0. The van der Waals surface area contributed by atoms with Crippen LogP contribution in [0.4, 0.5) is 0 Å². The summed E-state index contributed by atoms with van der Waals surface area (Å²) in [6, 6.07) is 1.52. The standard InChI is InChI=1S/C53H86N2/c1-32-29-48(54-52(34-17-6-3-7-18-34)55-51(32)33-15-4-2-5-16-33)35-27-28-46-42(30-35)38-21-10-12-25-44(38)53(46)45-26-13-11-22-40(45)50-41-24-14-23-39-36-19-8-9-20-37(36)43(49(39)41)31-47(50)53/h32-52,54-55H,2-31H2,1H3. The van der Waals surface area contributed by atoms with Crippen molar-refractivity contribution in [3.63, 3.8) is 0 Å². The van der Waals surface area contributed by atoms with Crippen LogP contribution >= 0.6 is 0 Å². The summed E-state index contributed by atoms with van der Waals surface area (Å²) in [4.78, 5) is 0. The van der Waals surface area contributed by atoms with Crippen LogP contribution in [0.5, 0.6) is 0 Å². The number of hydrogen-bond donors (Lipinski definition) is 2. The molecule has 1 saturated heterocycles. The smallest absolute Gasteiger partial charge is 0.0605 e. The van der Waals surface area contributed by atoms with Gasteiger partial charge in [-0.15, -0.1) is 0 Å². The third-order valence-electron chi connectivity index (χ3n) is 23.1. The molecule has 12 fully saturated rings. The minimum absolute atomic E-state index is 0.584. The van der Waals surface area contributed by atoms with Gasteiger partial charge in [-0.1, -0.05) is 90.4 Å². The minimum atomic E-state index is 0.584. The quantitative estimate of drug-likeness (QED) is 0.300. The highest BCUT2D eigenvalue weighted by Crippen LogP contribution is 2.81. The summed E-state index contributed by atoms with van der Waals surface area (Å²) >= 11 is 0. The monoisotopic (exact) mass is 751 g/mol. The lowest BCUT2D eigenvalue weighted by Crippen LogP contribution is -2.56. The van der Waals surface area contributed by atoms with E-state index in [-0.39, 0.29) is 0 Å². The van der Waals surface area contributed by atoms with Crippen molar-refractivity contribution in [1.82, 2.24) is 10.6 Å². The Hall–Kier alpha value is -0.0800. The van der Waals surface area contributed by atoms with Crippen LogP contribution in [0.1, 0.15) is 200 Å². The Morgan fingerprint density at radius 3 is 1.69 bits per heavy atom. The molecule has 12 aliphatic rings. The first kappa shape index (κ1) is 36.7. The van der Waals surface area contributed by atoms with Gasteiger partial charge in [-0.25, -0.2) is 0 Å². The molecule has 2 nitrogen and oxygen atoms in total. The molecule has 2 N–H and O–H groups in total. The van der Waals surface area contributed by atoms with E-state index in [2.05, 4.69) is 17.6 Å².